The number of ether oxygens (including phenoxy) is 2. The summed E-state index contributed by atoms with van der Waals surface area (Å²) >= 11 is 3.39. The highest BCUT2D eigenvalue weighted by Crippen LogP contribution is 2.21. The van der Waals surface area contributed by atoms with Crippen LogP contribution in [0.3, 0.4) is 0 Å². The Morgan fingerprint density at radius 1 is 0.674 bits per heavy atom. The van der Waals surface area contributed by atoms with E-state index in [-0.39, 0.29) is 5.82 Å². The van der Waals surface area contributed by atoms with Crippen LogP contribution in [0.15, 0.2) is 103 Å². The number of hydrogen-bond donors (Lipinski definition) is 1. The molecule has 5 heterocycles. The Kier molecular flexibility index (Phi) is 9.07. The van der Waals surface area contributed by atoms with Crippen LogP contribution in [0.25, 0.3) is 26.9 Å². The number of nitrogens with one attached hydrogen (secondary N) is 1. The van der Waals surface area contributed by atoms with Gasteiger partial charge < -0.3 is 28.8 Å². The number of anilines is 2. The molecule has 0 bridgehead atoms. The maximum atomic E-state index is 6.92. The molecular formula is C33H27BrN10O2. The lowest BCUT2D eigenvalue weighted by Gasteiger charge is -2.07. The number of halogens is 1. The van der Waals surface area contributed by atoms with E-state index in [0.29, 0.717) is 18.2 Å². The second-order valence-corrected chi connectivity index (χ2v) is 10.8. The van der Waals surface area contributed by atoms with Gasteiger partial charge in [0.25, 0.3) is 5.82 Å². The first-order valence-corrected chi connectivity index (χ1v) is 14.8. The van der Waals surface area contributed by atoms with Gasteiger partial charge in [0.1, 0.15) is 33.0 Å². The van der Waals surface area contributed by atoms with Crippen molar-refractivity contribution >= 4 is 55.5 Å². The van der Waals surface area contributed by atoms with Crippen molar-refractivity contribution in [2.75, 3.05) is 19.5 Å². The van der Waals surface area contributed by atoms with E-state index < -0.39 is 0 Å². The first-order chi connectivity index (χ1) is 22.5. The molecule has 46 heavy (non-hydrogen) atoms. The zero-order valence-corrected chi connectivity index (χ0v) is 26.5. The topological polar surface area (TPSA) is 122 Å². The van der Waals surface area contributed by atoms with Crippen molar-refractivity contribution in [1.82, 2.24) is 39.0 Å². The average molecular weight is 676 g/mol. The van der Waals surface area contributed by atoms with E-state index in [2.05, 4.69) is 77.3 Å². The van der Waals surface area contributed by atoms with Crippen LogP contribution in [0.2, 0.25) is 0 Å². The molecule has 13 heteroatoms. The van der Waals surface area contributed by atoms with E-state index in [1.165, 1.54) is 18.0 Å². The number of nitrogens with zero attached hydrogens (tertiary/aromatic N) is 9. The Morgan fingerprint density at radius 2 is 1.22 bits per heavy atom. The standard InChI is InChI=1S/C19H15N7O.C14H12BrN3O/c1-20-18-9-23-19(10-22-18)25-17-7-16-15(8-21-17)24-12-26(16)11-13-3-5-14(27-2)6-4-13;1-19-11-4-2-10(3-5-11)8-18-9-17-12-7-16-14(15)6-13(12)18/h3-10,12H,11H2,2H3,(H,21,23,25);2-7,9H,8H2,1H3. The van der Waals surface area contributed by atoms with Gasteiger partial charge in [0, 0.05) is 19.2 Å². The molecule has 0 amide bonds. The van der Waals surface area contributed by atoms with Gasteiger partial charge in [-0.25, -0.2) is 24.9 Å². The van der Waals surface area contributed by atoms with Crippen LogP contribution >= 0.6 is 15.9 Å². The summed E-state index contributed by atoms with van der Waals surface area (Å²) < 4.78 is 15.3. The van der Waals surface area contributed by atoms with Gasteiger partial charge in [-0.1, -0.05) is 30.8 Å². The highest BCUT2D eigenvalue weighted by molar-refractivity contribution is 9.10. The summed E-state index contributed by atoms with van der Waals surface area (Å²) in [5.41, 5.74) is 6.07. The maximum absolute atomic E-state index is 6.92. The predicted molar refractivity (Wildman–Crippen MR) is 179 cm³/mol. The number of hydrogen-bond acceptors (Lipinski definition) is 9. The SMILES string of the molecule is COc1ccc(Cn2cnc3cnc(Br)cc32)cc1.[C-]#[N+]c1cnc(Nc2cc3c(cn2)ncn3Cc2ccc(OC)cc2)cn1. The number of fused-ring (bicyclic) bond motifs is 2. The van der Waals surface area contributed by atoms with Gasteiger partial charge in [-0.15, -0.1) is 4.98 Å². The lowest BCUT2D eigenvalue weighted by atomic mass is 10.2. The maximum Gasteiger partial charge on any atom is 0.288 e. The fourth-order valence-electron chi connectivity index (χ4n) is 4.65. The van der Waals surface area contributed by atoms with Gasteiger partial charge in [0.15, 0.2) is 12.0 Å². The van der Waals surface area contributed by atoms with Gasteiger partial charge >= 0.3 is 0 Å². The monoisotopic (exact) mass is 674 g/mol. The number of methoxy groups -OCH3 is 2. The number of imidazole rings is 2. The minimum absolute atomic E-state index is 0.251. The summed E-state index contributed by atoms with van der Waals surface area (Å²) in [5.74, 6) is 3.10. The Bertz CT molecular complexity index is 2120. The minimum atomic E-state index is 0.251. The highest BCUT2D eigenvalue weighted by atomic mass is 79.9. The van der Waals surface area contributed by atoms with Crippen LogP contribution < -0.4 is 14.8 Å². The molecule has 0 aliphatic carbocycles. The van der Waals surface area contributed by atoms with Gasteiger partial charge in [0.05, 0.1) is 56.5 Å². The van der Waals surface area contributed by atoms with E-state index in [1.54, 1.807) is 32.9 Å². The third-order valence-corrected chi connectivity index (χ3v) is 7.45. The molecule has 1 N–H and O–H groups in total. The number of aromatic nitrogens is 8. The molecule has 0 aliphatic rings. The molecule has 0 radical (unpaired) electrons. The summed E-state index contributed by atoms with van der Waals surface area (Å²) in [4.78, 5) is 28.7. The van der Waals surface area contributed by atoms with E-state index in [1.807, 2.05) is 54.9 Å². The highest BCUT2D eigenvalue weighted by Gasteiger charge is 2.08. The summed E-state index contributed by atoms with van der Waals surface area (Å²) in [5, 5.41) is 3.10. The van der Waals surface area contributed by atoms with Crippen molar-refractivity contribution in [3.63, 3.8) is 0 Å². The third kappa shape index (κ3) is 7.09. The van der Waals surface area contributed by atoms with Crippen molar-refractivity contribution in [1.29, 1.82) is 0 Å². The summed E-state index contributed by atoms with van der Waals surface area (Å²) in [7, 11) is 3.32. The normalized spacial score (nSPS) is 10.7. The molecular weight excluding hydrogens is 648 g/mol. The molecule has 0 spiro atoms. The number of benzene rings is 2. The summed E-state index contributed by atoms with van der Waals surface area (Å²) in [6, 6.07) is 19.9. The van der Waals surface area contributed by atoms with Crippen molar-refractivity contribution in [2.45, 2.75) is 13.1 Å². The van der Waals surface area contributed by atoms with Gasteiger partial charge in [-0.05, 0) is 57.4 Å². The lowest BCUT2D eigenvalue weighted by molar-refractivity contribution is 0.414. The minimum Gasteiger partial charge on any atom is -0.497 e. The van der Waals surface area contributed by atoms with Crippen molar-refractivity contribution < 1.29 is 9.47 Å². The molecule has 2 aromatic carbocycles. The molecule has 0 saturated carbocycles. The number of pyridine rings is 2. The first-order valence-electron chi connectivity index (χ1n) is 14.0. The molecule has 0 aliphatic heterocycles. The van der Waals surface area contributed by atoms with Crippen LogP contribution in [-0.2, 0) is 13.1 Å². The van der Waals surface area contributed by atoms with E-state index in [9.17, 15) is 0 Å². The molecule has 0 atom stereocenters. The van der Waals surface area contributed by atoms with Crippen molar-refractivity contribution in [3.8, 4) is 11.5 Å². The molecule has 7 rings (SSSR count). The second kappa shape index (κ2) is 13.8. The lowest BCUT2D eigenvalue weighted by Crippen LogP contribution is -2.00. The second-order valence-electron chi connectivity index (χ2n) is 9.99. The molecule has 0 unspecified atom stereocenters. The Morgan fingerprint density at radius 3 is 1.74 bits per heavy atom. The largest absolute Gasteiger partial charge is 0.497 e. The van der Waals surface area contributed by atoms with Gasteiger partial charge in [0.2, 0.25) is 0 Å². The smallest absolute Gasteiger partial charge is 0.288 e. The van der Waals surface area contributed by atoms with Crippen LogP contribution in [0.5, 0.6) is 11.5 Å². The van der Waals surface area contributed by atoms with Crippen LogP contribution in [-0.4, -0.2) is 53.3 Å². The van der Waals surface area contributed by atoms with Gasteiger partial charge in [-0.2, -0.15) is 0 Å². The molecule has 7 aromatic rings. The third-order valence-electron chi connectivity index (χ3n) is 7.01. The first kappa shape index (κ1) is 30.2. The zero-order chi connectivity index (χ0) is 31.9. The van der Waals surface area contributed by atoms with Crippen molar-refractivity contribution in [3.05, 3.63) is 125 Å². The van der Waals surface area contributed by atoms with E-state index >= 15 is 0 Å². The van der Waals surface area contributed by atoms with Crippen LogP contribution in [0.1, 0.15) is 11.1 Å². The number of rotatable bonds is 8. The van der Waals surface area contributed by atoms with E-state index in [0.717, 1.165) is 50.3 Å². The van der Waals surface area contributed by atoms with Crippen molar-refractivity contribution in [2.24, 2.45) is 0 Å². The molecule has 12 nitrogen and oxygen atoms in total. The van der Waals surface area contributed by atoms with E-state index in [4.69, 9.17) is 16.0 Å². The Balaban J connectivity index is 0.000000172. The molecule has 5 aromatic heterocycles. The fourth-order valence-corrected chi connectivity index (χ4v) is 4.97. The zero-order valence-electron chi connectivity index (χ0n) is 24.9. The van der Waals surface area contributed by atoms with Crippen LogP contribution in [0, 0.1) is 6.57 Å². The Labute approximate surface area is 272 Å². The Hall–Kier alpha value is -5.87. The summed E-state index contributed by atoms with van der Waals surface area (Å²) in [6.45, 7) is 8.38. The molecule has 0 fully saturated rings. The predicted octanol–water partition coefficient (Wildman–Crippen LogP) is 6.82. The van der Waals surface area contributed by atoms with Crippen LogP contribution in [0.4, 0.5) is 17.5 Å². The van der Waals surface area contributed by atoms with Gasteiger partial charge in [-0.3, -0.25) is 0 Å². The molecule has 0 saturated heterocycles. The quantitative estimate of drug-likeness (QED) is 0.137. The fraction of sp³-hybridized carbons (Fsp3) is 0.121. The molecule has 228 valence electrons. The average Bonchev–Trinajstić information content (AvgIpc) is 3.69. The summed E-state index contributed by atoms with van der Waals surface area (Å²) in [6.07, 6.45) is 10.0.